The summed E-state index contributed by atoms with van der Waals surface area (Å²) in [6.07, 6.45) is 6.80. The van der Waals surface area contributed by atoms with Gasteiger partial charge in [-0.2, -0.15) is 0 Å². The van der Waals surface area contributed by atoms with Crippen LogP contribution in [0, 0.1) is 11.8 Å². The van der Waals surface area contributed by atoms with E-state index in [1.54, 1.807) is 41.6 Å². The fourth-order valence-electron chi connectivity index (χ4n) is 4.75. The molecule has 2 saturated heterocycles. The number of carbonyl (C=O) groups excluding carboxylic acids is 3. The van der Waals surface area contributed by atoms with Gasteiger partial charge in [0.2, 0.25) is 17.7 Å². The highest BCUT2D eigenvalue weighted by Crippen LogP contribution is 2.52. The van der Waals surface area contributed by atoms with E-state index >= 15 is 0 Å². The predicted molar refractivity (Wildman–Crippen MR) is 113 cm³/mol. The Bertz CT molecular complexity index is 1070. The van der Waals surface area contributed by atoms with E-state index in [-0.39, 0.29) is 17.7 Å². The molecule has 8 nitrogen and oxygen atoms in total. The van der Waals surface area contributed by atoms with E-state index in [1.165, 1.54) is 6.92 Å². The monoisotopic (exact) mass is 418 g/mol. The van der Waals surface area contributed by atoms with Crippen LogP contribution in [0.3, 0.4) is 0 Å². The Morgan fingerprint density at radius 3 is 2.77 bits per heavy atom. The fourth-order valence-corrected chi connectivity index (χ4v) is 4.75. The molecule has 4 heterocycles. The summed E-state index contributed by atoms with van der Waals surface area (Å²) in [5, 5.41) is 5.64. The smallest absolute Gasteiger partial charge is 0.234 e. The molecule has 2 aromatic rings. The lowest BCUT2D eigenvalue weighted by molar-refractivity contribution is -0.132. The quantitative estimate of drug-likeness (QED) is 0.719. The third-order valence-corrected chi connectivity index (χ3v) is 6.09. The number of nitrogens with one attached hydrogen (secondary N) is 2. The Hall–Kier alpha value is -3.52. The van der Waals surface area contributed by atoms with Gasteiger partial charge in [0.15, 0.2) is 0 Å². The van der Waals surface area contributed by atoms with Crippen LogP contribution in [0.25, 0.3) is 0 Å². The second-order valence-electron chi connectivity index (χ2n) is 8.13. The molecule has 0 saturated carbocycles. The summed E-state index contributed by atoms with van der Waals surface area (Å²) in [6, 6.07) is 10.8. The molecule has 1 spiro atoms. The van der Waals surface area contributed by atoms with E-state index in [4.69, 9.17) is 4.74 Å². The van der Waals surface area contributed by atoms with E-state index in [2.05, 4.69) is 15.6 Å². The van der Waals surface area contributed by atoms with E-state index in [9.17, 15) is 14.4 Å². The highest BCUT2D eigenvalue weighted by Gasteiger charge is 2.67. The number of hydrogen-bond acceptors (Lipinski definition) is 5. The van der Waals surface area contributed by atoms with Gasteiger partial charge in [-0.1, -0.05) is 18.2 Å². The molecule has 2 N–H and O–H groups in total. The third-order valence-electron chi connectivity index (χ3n) is 6.09. The Kier molecular flexibility index (Phi) is 4.59. The van der Waals surface area contributed by atoms with E-state index < -0.39 is 23.5 Å². The van der Waals surface area contributed by atoms with Crippen LogP contribution in [-0.2, 0) is 25.7 Å². The van der Waals surface area contributed by atoms with Gasteiger partial charge in [-0.05, 0) is 35.9 Å². The molecular weight excluding hydrogens is 396 g/mol. The van der Waals surface area contributed by atoms with Crippen LogP contribution in [0.5, 0.6) is 0 Å². The molecule has 31 heavy (non-hydrogen) atoms. The average molecular weight is 418 g/mol. The maximum Gasteiger partial charge on any atom is 0.234 e. The minimum atomic E-state index is -0.783. The Balaban J connectivity index is 1.34. The van der Waals surface area contributed by atoms with Crippen molar-refractivity contribution in [3.63, 3.8) is 0 Å². The number of pyridine rings is 1. The van der Waals surface area contributed by atoms with Crippen molar-refractivity contribution in [3.05, 3.63) is 66.5 Å². The number of nitrogens with zero attached hydrogens (tertiary/aromatic N) is 2. The zero-order chi connectivity index (χ0) is 21.6. The Morgan fingerprint density at radius 1 is 1.26 bits per heavy atom. The maximum atomic E-state index is 13.4. The molecule has 1 aromatic heterocycles. The summed E-state index contributed by atoms with van der Waals surface area (Å²) >= 11 is 0. The fraction of sp³-hybridized carbons (Fsp3) is 0.304. The second kappa shape index (κ2) is 7.31. The molecule has 158 valence electrons. The lowest BCUT2D eigenvalue weighted by Gasteiger charge is -2.23. The van der Waals surface area contributed by atoms with Crippen LogP contribution in [-0.4, -0.2) is 41.0 Å². The SMILES string of the molecule is CC(=O)Nc1ccc(N2CC34C=CC(O3)C(C(=O)NCc3cccnc3)C4C2=O)cc1. The van der Waals surface area contributed by atoms with Crippen LogP contribution in [0.4, 0.5) is 11.4 Å². The van der Waals surface area contributed by atoms with Gasteiger partial charge < -0.3 is 20.3 Å². The number of benzene rings is 1. The summed E-state index contributed by atoms with van der Waals surface area (Å²) in [5.74, 6) is -1.61. The standard InChI is InChI=1S/C23H22N4O4/c1-14(28)26-16-4-6-17(7-5-16)27-13-23-9-8-18(31-23)19(20(23)22(27)30)21(29)25-12-15-3-2-10-24-11-15/h2-11,18-20H,12-13H2,1H3,(H,25,29)(H,26,28). The highest BCUT2D eigenvalue weighted by molar-refractivity contribution is 6.03. The number of fused-ring (bicyclic) bond motifs is 1. The van der Waals surface area contributed by atoms with E-state index in [0.29, 0.717) is 24.5 Å². The summed E-state index contributed by atoms with van der Waals surface area (Å²) in [7, 11) is 0. The van der Waals surface area contributed by atoms with E-state index in [0.717, 1.165) is 5.56 Å². The lowest BCUT2D eigenvalue weighted by Crippen LogP contribution is -2.44. The van der Waals surface area contributed by atoms with Crippen molar-refractivity contribution in [2.24, 2.45) is 11.8 Å². The van der Waals surface area contributed by atoms with Gasteiger partial charge in [0.25, 0.3) is 0 Å². The molecule has 4 unspecified atom stereocenters. The third kappa shape index (κ3) is 3.29. The van der Waals surface area contributed by atoms with Crippen LogP contribution in [0.1, 0.15) is 12.5 Å². The molecule has 1 aromatic carbocycles. The molecule has 3 amide bonds. The van der Waals surface area contributed by atoms with E-state index in [1.807, 2.05) is 24.3 Å². The van der Waals surface area contributed by atoms with Gasteiger partial charge >= 0.3 is 0 Å². The molecular formula is C23H22N4O4. The number of carbonyl (C=O) groups is 3. The Morgan fingerprint density at radius 2 is 2.06 bits per heavy atom. The van der Waals surface area contributed by atoms with Crippen LogP contribution >= 0.6 is 0 Å². The van der Waals surface area contributed by atoms with Crippen molar-refractivity contribution in [1.29, 1.82) is 0 Å². The normalized spacial score (nSPS) is 28.0. The summed E-state index contributed by atoms with van der Waals surface area (Å²) in [6.45, 7) is 2.15. The van der Waals surface area contributed by atoms with Crippen molar-refractivity contribution in [2.45, 2.75) is 25.2 Å². The molecule has 2 fully saturated rings. The van der Waals surface area contributed by atoms with Crippen molar-refractivity contribution in [1.82, 2.24) is 10.3 Å². The minimum Gasteiger partial charge on any atom is -0.360 e. The molecule has 3 aliphatic heterocycles. The zero-order valence-corrected chi connectivity index (χ0v) is 16.9. The minimum absolute atomic E-state index is 0.124. The molecule has 3 aliphatic rings. The number of rotatable bonds is 5. The number of amides is 3. The van der Waals surface area contributed by atoms with Crippen LogP contribution in [0.2, 0.25) is 0 Å². The maximum absolute atomic E-state index is 13.4. The van der Waals surface area contributed by atoms with Gasteiger partial charge in [-0.15, -0.1) is 0 Å². The van der Waals surface area contributed by atoms with Crippen molar-refractivity contribution in [2.75, 3.05) is 16.8 Å². The van der Waals surface area contributed by atoms with Crippen LogP contribution < -0.4 is 15.5 Å². The number of anilines is 2. The first-order valence-corrected chi connectivity index (χ1v) is 10.2. The predicted octanol–water partition coefficient (Wildman–Crippen LogP) is 1.64. The van der Waals surface area contributed by atoms with Gasteiger partial charge in [0.05, 0.1) is 24.5 Å². The molecule has 2 bridgehead atoms. The topological polar surface area (TPSA) is 101 Å². The zero-order valence-electron chi connectivity index (χ0n) is 16.9. The van der Waals surface area contributed by atoms with Crippen molar-refractivity contribution >= 4 is 29.1 Å². The first-order chi connectivity index (χ1) is 15.0. The van der Waals surface area contributed by atoms with Crippen LogP contribution in [0.15, 0.2) is 60.9 Å². The summed E-state index contributed by atoms with van der Waals surface area (Å²) in [4.78, 5) is 43.3. The number of hydrogen-bond donors (Lipinski definition) is 2. The average Bonchev–Trinajstić information content (AvgIpc) is 3.41. The first kappa shape index (κ1) is 19.4. The molecule has 8 heteroatoms. The molecule has 5 rings (SSSR count). The largest absolute Gasteiger partial charge is 0.360 e. The second-order valence-corrected chi connectivity index (χ2v) is 8.13. The summed E-state index contributed by atoms with van der Waals surface area (Å²) in [5.41, 5.74) is 1.47. The summed E-state index contributed by atoms with van der Waals surface area (Å²) < 4.78 is 6.16. The first-order valence-electron chi connectivity index (χ1n) is 10.2. The van der Waals surface area contributed by atoms with Gasteiger partial charge in [0, 0.05) is 37.2 Å². The number of ether oxygens (including phenoxy) is 1. The van der Waals surface area contributed by atoms with Gasteiger partial charge in [-0.3, -0.25) is 19.4 Å². The lowest BCUT2D eigenvalue weighted by atomic mass is 9.77. The van der Waals surface area contributed by atoms with Crippen molar-refractivity contribution < 1.29 is 19.1 Å². The van der Waals surface area contributed by atoms with Crippen molar-refractivity contribution in [3.8, 4) is 0 Å². The number of aromatic nitrogens is 1. The van der Waals surface area contributed by atoms with Gasteiger partial charge in [0.1, 0.15) is 5.60 Å². The highest BCUT2D eigenvalue weighted by atomic mass is 16.5. The molecule has 0 aliphatic carbocycles. The van der Waals surface area contributed by atoms with Gasteiger partial charge in [-0.25, -0.2) is 0 Å². The molecule has 0 radical (unpaired) electrons. The Labute approximate surface area is 179 Å². The molecule has 4 atom stereocenters.